The van der Waals surface area contributed by atoms with E-state index >= 15 is 0 Å². The number of aromatic amines is 1. The highest BCUT2D eigenvalue weighted by atomic mass is 16.6. The highest BCUT2D eigenvalue weighted by molar-refractivity contribution is 5.97. The number of carbonyl (C=O) groups excluding carboxylic acids is 2. The van der Waals surface area contributed by atoms with E-state index in [0.717, 1.165) is 0 Å². The van der Waals surface area contributed by atoms with Crippen LogP contribution in [0.2, 0.25) is 0 Å². The van der Waals surface area contributed by atoms with E-state index in [2.05, 4.69) is 10.2 Å². The number of H-pyrrole nitrogens is 1. The molecule has 0 spiro atoms. The quantitative estimate of drug-likeness (QED) is 0.779. The van der Waals surface area contributed by atoms with Crippen molar-refractivity contribution >= 4 is 17.7 Å². The number of nitrogens with zero attached hydrogens (tertiary/aromatic N) is 3. The van der Waals surface area contributed by atoms with Crippen molar-refractivity contribution in [1.29, 1.82) is 0 Å². The van der Waals surface area contributed by atoms with Crippen LogP contribution in [0.25, 0.3) is 0 Å². The van der Waals surface area contributed by atoms with Gasteiger partial charge in [-0.3, -0.25) is 9.89 Å². The number of amides is 2. The molecule has 1 aromatic rings. The first kappa shape index (κ1) is 13.2. The van der Waals surface area contributed by atoms with Crippen molar-refractivity contribution in [1.82, 2.24) is 20.0 Å². The van der Waals surface area contributed by atoms with E-state index in [1.165, 1.54) is 6.20 Å². The number of carbonyl (C=O) groups is 2. The van der Waals surface area contributed by atoms with Crippen LogP contribution in [0.15, 0.2) is 6.20 Å². The summed E-state index contributed by atoms with van der Waals surface area (Å²) in [7, 11) is 0. The number of hydrogen-bond acceptors (Lipinski definition) is 5. The van der Waals surface area contributed by atoms with Gasteiger partial charge in [0, 0.05) is 26.2 Å². The van der Waals surface area contributed by atoms with E-state index in [9.17, 15) is 9.59 Å². The Labute approximate surface area is 110 Å². The second kappa shape index (κ2) is 5.59. The van der Waals surface area contributed by atoms with Crippen molar-refractivity contribution in [2.45, 2.75) is 6.92 Å². The van der Waals surface area contributed by atoms with Gasteiger partial charge in [-0.1, -0.05) is 0 Å². The molecule has 0 aliphatic carbocycles. The highest BCUT2D eigenvalue weighted by Crippen LogP contribution is 2.12. The van der Waals surface area contributed by atoms with Crippen LogP contribution in [0.4, 0.5) is 10.5 Å². The van der Waals surface area contributed by atoms with Gasteiger partial charge in [0.15, 0.2) is 0 Å². The largest absolute Gasteiger partial charge is 0.450 e. The van der Waals surface area contributed by atoms with E-state index in [0.29, 0.717) is 44.2 Å². The molecule has 0 bridgehead atoms. The molecule has 0 radical (unpaired) electrons. The van der Waals surface area contributed by atoms with Crippen LogP contribution in [-0.4, -0.2) is 64.8 Å². The number of hydrogen-bond donors (Lipinski definition) is 2. The summed E-state index contributed by atoms with van der Waals surface area (Å²) in [5.74, 6) is -0.196. The SMILES string of the molecule is CCOC(=O)N1CCN(C(=O)c2[nH]ncc2N)CC1. The Morgan fingerprint density at radius 2 is 2.00 bits per heavy atom. The Hall–Kier alpha value is -2.25. The zero-order chi connectivity index (χ0) is 13.8. The third-order valence-electron chi connectivity index (χ3n) is 2.98. The lowest BCUT2D eigenvalue weighted by Crippen LogP contribution is -2.50. The molecular formula is C11H17N5O3. The number of nitrogens with one attached hydrogen (secondary N) is 1. The average Bonchev–Trinajstić information content (AvgIpc) is 2.84. The van der Waals surface area contributed by atoms with Gasteiger partial charge in [-0.05, 0) is 6.92 Å². The average molecular weight is 267 g/mol. The molecule has 2 amide bonds. The van der Waals surface area contributed by atoms with E-state index in [-0.39, 0.29) is 12.0 Å². The summed E-state index contributed by atoms with van der Waals surface area (Å²) in [5, 5.41) is 6.31. The Morgan fingerprint density at radius 3 is 2.53 bits per heavy atom. The number of nitrogen functional groups attached to an aromatic ring is 1. The first-order valence-corrected chi connectivity index (χ1v) is 6.13. The molecule has 2 heterocycles. The van der Waals surface area contributed by atoms with Crippen LogP contribution in [0.3, 0.4) is 0 Å². The molecule has 104 valence electrons. The number of nitrogens with two attached hydrogens (primary N) is 1. The summed E-state index contributed by atoms with van der Waals surface area (Å²) < 4.78 is 4.92. The molecule has 3 N–H and O–H groups in total. The smallest absolute Gasteiger partial charge is 0.409 e. The summed E-state index contributed by atoms with van der Waals surface area (Å²) >= 11 is 0. The highest BCUT2D eigenvalue weighted by Gasteiger charge is 2.26. The van der Waals surface area contributed by atoms with Crippen molar-refractivity contribution in [3.05, 3.63) is 11.9 Å². The number of piperazine rings is 1. The monoisotopic (exact) mass is 267 g/mol. The molecular weight excluding hydrogens is 250 g/mol. The Kier molecular flexibility index (Phi) is 3.88. The van der Waals surface area contributed by atoms with E-state index < -0.39 is 0 Å². The second-order valence-electron chi connectivity index (χ2n) is 4.18. The molecule has 1 aliphatic heterocycles. The van der Waals surface area contributed by atoms with Gasteiger partial charge in [-0.2, -0.15) is 5.10 Å². The van der Waals surface area contributed by atoms with E-state index in [1.807, 2.05) is 0 Å². The first-order chi connectivity index (χ1) is 9.13. The van der Waals surface area contributed by atoms with Crippen molar-refractivity contribution in [2.75, 3.05) is 38.5 Å². The summed E-state index contributed by atoms with van der Waals surface area (Å²) in [4.78, 5) is 26.9. The van der Waals surface area contributed by atoms with Crippen LogP contribution < -0.4 is 5.73 Å². The Balaban J connectivity index is 1.92. The molecule has 2 rings (SSSR count). The molecule has 19 heavy (non-hydrogen) atoms. The fourth-order valence-corrected chi connectivity index (χ4v) is 1.93. The van der Waals surface area contributed by atoms with Crippen molar-refractivity contribution in [2.24, 2.45) is 0 Å². The van der Waals surface area contributed by atoms with Crippen molar-refractivity contribution in [3.8, 4) is 0 Å². The van der Waals surface area contributed by atoms with Gasteiger partial charge in [-0.25, -0.2) is 4.79 Å². The normalized spacial score (nSPS) is 15.4. The number of aromatic nitrogens is 2. The minimum Gasteiger partial charge on any atom is -0.450 e. The van der Waals surface area contributed by atoms with Gasteiger partial charge in [0.25, 0.3) is 5.91 Å². The summed E-state index contributed by atoms with van der Waals surface area (Å²) in [6.45, 7) is 3.94. The predicted molar refractivity (Wildman–Crippen MR) is 67.5 cm³/mol. The van der Waals surface area contributed by atoms with Crippen LogP contribution >= 0.6 is 0 Å². The zero-order valence-corrected chi connectivity index (χ0v) is 10.8. The number of rotatable bonds is 2. The molecule has 0 aromatic carbocycles. The maximum Gasteiger partial charge on any atom is 0.409 e. The molecule has 8 nitrogen and oxygen atoms in total. The van der Waals surface area contributed by atoms with Gasteiger partial charge < -0.3 is 20.3 Å². The maximum absolute atomic E-state index is 12.1. The summed E-state index contributed by atoms with van der Waals surface area (Å²) in [5.41, 5.74) is 6.26. The number of anilines is 1. The zero-order valence-electron chi connectivity index (χ0n) is 10.8. The van der Waals surface area contributed by atoms with E-state index in [1.54, 1.807) is 16.7 Å². The van der Waals surface area contributed by atoms with Crippen LogP contribution in [0, 0.1) is 0 Å². The number of ether oxygens (including phenoxy) is 1. The molecule has 1 aromatic heterocycles. The molecule has 0 unspecified atom stereocenters. The van der Waals surface area contributed by atoms with Crippen LogP contribution in [0.5, 0.6) is 0 Å². The minimum atomic E-state index is -0.337. The van der Waals surface area contributed by atoms with Crippen LogP contribution in [0.1, 0.15) is 17.4 Å². The van der Waals surface area contributed by atoms with Gasteiger partial charge in [0.05, 0.1) is 18.5 Å². The fourth-order valence-electron chi connectivity index (χ4n) is 1.93. The molecule has 1 saturated heterocycles. The van der Waals surface area contributed by atoms with Gasteiger partial charge in [0.2, 0.25) is 0 Å². The second-order valence-corrected chi connectivity index (χ2v) is 4.18. The van der Waals surface area contributed by atoms with Crippen molar-refractivity contribution < 1.29 is 14.3 Å². The van der Waals surface area contributed by atoms with Gasteiger partial charge in [0.1, 0.15) is 5.69 Å². The molecule has 1 fully saturated rings. The molecule has 1 aliphatic rings. The molecule has 8 heteroatoms. The van der Waals surface area contributed by atoms with Crippen LogP contribution in [-0.2, 0) is 4.74 Å². The van der Waals surface area contributed by atoms with Gasteiger partial charge >= 0.3 is 6.09 Å². The lowest BCUT2D eigenvalue weighted by Gasteiger charge is -2.33. The van der Waals surface area contributed by atoms with Crippen molar-refractivity contribution in [3.63, 3.8) is 0 Å². The minimum absolute atomic E-state index is 0.196. The Morgan fingerprint density at radius 1 is 1.37 bits per heavy atom. The summed E-state index contributed by atoms with van der Waals surface area (Å²) in [6.07, 6.45) is 1.07. The molecule has 0 atom stereocenters. The maximum atomic E-state index is 12.1. The third-order valence-corrected chi connectivity index (χ3v) is 2.98. The first-order valence-electron chi connectivity index (χ1n) is 6.13. The third kappa shape index (κ3) is 2.78. The standard InChI is InChI=1S/C11H17N5O3/c1-2-19-11(18)16-5-3-15(4-6-16)10(17)9-8(12)7-13-14-9/h7H,2-6,12H2,1H3,(H,13,14). The lowest BCUT2D eigenvalue weighted by molar-refractivity contribution is 0.0566. The topological polar surface area (TPSA) is 105 Å². The summed E-state index contributed by atoms with van der Waals surface area (Å²) in [6, 6.07) is 0. The lowest BCUT2D eigenvalue weighted by atomic mass is 10.2. The van der Waals surface area contributed by atoms with E-state index in [4.69, 9.17) is 10.5 Å². The fraction of sp³-hybridized carbons (Fsp3) is 0.545. The Bertz CT molecular complexity index is 465. The molecule has 0 saturated carbocycles. The predicted octanol–water partition coefficient (Wildman–Crippen LogP) is -0.0938. The van der Waals surface area contributed by atoms with Gasteiger partial charge in [-0.15, -0.1) is 0 Å².